The third kappa shape index (κ3) is 5.43. The van der Waals surface area contributed by atoms with Gasteiger partial charge in [-0.25, -0.2) is 0 Å². The van der Waals surface area contributed by atoms with Crippen LogP contribution in [0.1, 0.15) is 47.8 Å². The number of carbonyl (C=O) groups is 2. The summed E-state index contributed by atoms with van der Waals surface area (Å²) in [6.45, 7) is 4.44. The summed E-state index contributed by atoms with van der Waals surface area (Å²) in [5.41, 5.74) is 7.86. The molecule has 0 heterocycles. The van der Waals surface area contributed by atoms with Gasteiger partial charge in [0.25, 0.3) is 5.91 Å². The smallest absolute Gasteiger partial charge is 0.251 e. The highest BCUT2D eigenvalue weighted by atomic mass is 16.2. The van der Waals surface area contributed by atoms with E-state index in [-0.39, 0.29) is 11.9 Å². The standard InChI is InChI=1S/C20H25N3O2/c1-3-14(2)23-20(25)17-11-7-8-15(12-17)13-22-18(19(21)24)16-9-5-4-6-10-16/h4-12,14,18,22H,3,13H2,1-2H3,(H2,21,24)(H,23,25)/t14-,18-/m0/s1. The molecule has 2 rings (SSSR count). The number of hydrogen-bond acceptors (Lipinski definition) is 3. The topological polar surface area (TPSA) is 84.2 Å². The fraction of sp³-hybridized carbons (Fsp3) is 0.300. The molecule has 5 heteroatoms. The Morgan fingerprint density at radius 2 is 1.80 bits per heavy atom. The first-order valence-electron chi connectivity index (χ1n) is 8.48. The van der Waals surface area contributed by atoms with E-state index >= 15 is 0 Å². The van der Waals surface area contributed by atoms with Crippen LogP contribution in [0.5, 0.6) is 0 Å². The molecule has 2 amide bonds. The normalized spacial score (nSPS) is 13.0. The third-order valence-corrected chi connectivity index (χ3v) is 4.11. The van der Waals surface area contributed by atoms with E-state index in [4.69, 9.17) is 5.73 Å². The molecule has 2 atom stereocenters. The zero-order valence-electron chi connectivity index (χ0n) is 14.7. The van der Waals surface area contributed by atoms with Crippen LogP contribution in [0.3, 0.4) is 0 Å². The molecule has 2 aromatic rings. The summed E-state index contributed by atoms with van der Waals surface area (Å²) in [6.07, 6.45) is 0.879. The van der Waals surface area contributed by atoms with Crippen molar-refractivity contribution in [3.8, 4) is 0 Å². The summed E-state index contributed by atoms with van der Waals surface area (Å²) >= 11 is 0. The Labute approximate surface area is 148 Å². The number of amides is 2. The Kier molecular flexibility index (Phi) is 6.71. The van der Waals surface area contributed by atoms with Crippen LogP contribution in [0, 0.1) is 0 Å². The van der Waals surface area contributed by atoms with Gasteiger partial charge in [-0.15, -0.1) is 0 Å². The van der Waals surface area contributed by atoms with Crippen molar-refractivity contribution in [2.24, 2.45) is 5.73 Å². The second-order valence-electron chi connectivity index (χ2n) is 6.11. The zero-order valence-corrected chi connectivity index (χ0v) is 14.7. The molecule has 2 aromatic carbocycles. The highest BCUT2D eigenvalue weighted by Gasteiger charge is 2.17. The molecule has 5 nitrogen and oxygen atoms in total. The van der Waals surface area contributed by atoms with Crippen molar-refractivity contribution in [1.29, 1.82) is 0 Å². The van der Waals surface area contributed by atoms with E-state index in [2.05, 4.69) is 10.6 Å². The van der Waals surface area contributed by atoms with Crippen molar-refractivity contribution >= 4 is 11.8 Å². The van der Waals surface area contributed by atoms with Gasteiger partial charge in [-0.3, -0.25) is 14.9 Å². The van der Waals surface area contributed by atoms with Crippen LogP contribution in [-0.4, -0.2) is 17.9 Å². The average Bonchev–Trinajstić information content (AvgIpc) is 2.62. The van der Waals surface area contributed by atoms with Gasteiger partial charge in [-0.05, 0) is 36.6 Å². The fourth-order valence-corrected chi connectivity index (χ4v) is 2.48. The summed E-state index contributed by atoms with van der Waals surface area (Å²) in [5.74, 6) is -0.525. The van der Waals surface area contributed by atoms with Crippen LogP contribution >= 0.6 is 0 Å². The Balaban J connectivity index is 2.06. The molecule has 0 fully saturated rings. The minimum absolute atomic E-state index is 0.0919. The van der Waals surface area contributed by atoms with Crippen molar-refractivity contribution in [2.45, 2.75) is 38.9 Å². The summed E-state index contributed by atoms with van der Waals surface area (Å²) in [5, 5.41) is 6.11. The van der Waals surface area contributed by atoms with E-state index in [1.165, 1.54) is 0 Å². The van der Waals surface area contributed by atoms with Crippen LogP contribution in [0.25, 0.3) is 0 Å². The van der Waals surface area contributed by atoms with Crippen LogP contribution in [0.4, 0.5) is 0 Å². The molecular formula is C20H25N3O2. The van der Waals surface area contributed by atoms with Crippen LogP contribution in [0.2, 0.25) is 0 Å². The molecule has 0 saturated heterocycles. The van der Waals surface area contributed by atoms with Gasteiger partial charge in [0, 0.05) is 18.2 Å². The zero-order chi connectivity index (χ0) is 18.2. The number of nitrogens with one attached hydrogen (secondary N) is 2. The predicted molar refractivity (Wildman–Crippen MR) is 98.9 cm³/mol. The van der Waals surface area contributed by atoms with E-state index in [0.29, 0.717) is 12.1 Å². The number of carbonyl (C=O) groups excluding carboxylic acids is 2. The average molecular weight is 339 g/mol. The molecule has 0 radical (unpaired) electrons. The maximum absolute atomic E-state index is 12.2. The molecule has 0 aliphatic heterocycles. The molecule has 132 valence electrons. The summed E-state index contributed by atoms with van der Waals surface area (Å²) < 4.78 is 0. The van der Waals surface area contributed by atoms with Gasteiger partial charge in [0.15, 0.2) is 0 Å². The molecule has 0 aliphatic carbocycles. The van der Waals surface area contributed by atoms with Crippen molar-refractivity contribution in [3.63, 3.8) is 0 Å². The van der Waals surface area contributed by atoms with Crippen molar-refractivity contribution in [1.82, 2.24) is 10.6 Å². The third-order valence-electron chi connectivity index (χ3n) is 4.11. The first kappa shape index (κ1) is 18.7. The number of benzene rings is 2. The Morgan fingerprint density at radius 1 is 1.08 bits per heavy atom. The van der Waals surface area contributed by atoms with Crippen molar-refractivity contribution < 1.29 is 9.59 Å². The van der Waals surface area contributed by atoms with Crippen LogP contribution in [0.15, 0.2) is 54.6 Å². The monoisotopic (exact) mass is 339 g/mol. The summed E-state index contributed by atoms with van der Waals surface area (Å²) in [6, 6.07) is 16.3. The van der Waals surface area contributed by atoms with Gasteiger partial charge < -0.3 is 11.1 Å². The Bertz CT molecular complexity index is 716. The SMILES string of the molecule is CC[C@H](C)NC(=O)c1cccc(CN[C@H](C(N)=O)c2ccccc2)c1. The van der Waals surface area contributed by atoms with E-state index in [9.17, 15) is 9.59 Å². The van der Waals surface area contributed by atoms with Gasteiger partial charge >= 0.3 is 0 Å². The first-order valence-corrected chi connectivity index (χ1v) is 8.48. The van der Waals surface area contributed by atoms with Gasteiger partial charge in [0.1, 0.15) is 6.04 Å². The molecule has 0 saturated carbocycles. The lowest BCUT2D eigenvalue weighted by Gasteiger charge is -2.16. The highest BCUT2D eigenvalue weighted by Crippen LogP contribution is 2.14. The van der Waals surface area contributed by atoms with Gasteiger partial charge in [0.05, 0.1) is 0 Å². The van der Waals surface area contributed by atoms with Crippen molar-refractivity contribution in [2.75, 3.05) is 0 Å². The number of rotatable bonds is 8. The van der Waals surface area contributed by atoms with Crippen LogP contribution < -0.4 is 16.4 Å². The minimum atomic E-state index is -0.571. The van der Waals surface area contributed by atoms with E-state index in [1.807, 2.05) is 62.4 Å². The Hall–Kier alpha value is -2.66. The maximum atomic E-state index is 12.2. The first-order chi connectivity index (χ1) is 12.0. The fourth-order valence-electron chi connectivity index (χ4n) is 2.48. The second-order valence-corrected chi connectivity index (χ2v) is 6.11. The van der Waals surface area contributed by atoms with Gasteiger partial charge in [-0.2, -0.15) is 0 Å². The molecule has 0 bridgehead atoms. The summed E-state index contributed by atoms with van der Waals surface area (Å²) in [4.78, 5) is 24.0. The molecule has 0 spiro atoms. The van der Waals surface area contributed by atoms with Gasteiger partial charge in [0.2, 0.25) is 5.91 Å². The van der Waals surface area contributed by atoms with Crippen molar-refractivity contribution in [3.05, 3.63) is 71.3 Å². The lowest BCUT2D eigenvalue weighted by atomic mass is 10.1. The highest BCUT2D eigenvalue weighted by molar-refractivity contribution is 5.94. The van der Waals surface area contributed by atoms with Crippen LogP contribution in [-0.2, 0) is 11.3 Å². The van der Waals surface area contributed by atoms with E-state index in [0.717, 1.165) is 17.5 Å². The lowest BCUT2D eigenvalue weighted by molar-refractivity contribution is -0.120. The largest absolute Gasteiger partial charge is 0.368 e. The molecular weight excluding hydrogens is 314 g/mol. The van der Waals surface area contributed by atoms with E-state index in [1.54, 1.807) is 6.07 Å². The molecule has 0 aliphatic rings. The predicted octanol–water partition coefficient (Wildman–Crippen LogP) is 2.53. The second kappa shape index (κ2) is 8.99. The number of hydrogen-bond donors (Lipinski definition) is 3. The molecule has 0 unspecified atom stereocenters. The number of nitrogens with two attached hydrogens (primary N) is 1. The maximum Gasteiger partial charge on any atom is 0.251 e. The number of primary amides is 1. The quantitative estimate of drug-likeness (QED) is 0.691. The lowest BCUT2D eigenvalue weighted by Crippen LogP contribution is -2.33. The molecule has 4 N–H and O–H groups in total. The van der Waals surface area contributed by atoms with Gasteiger partial charge in [-0.1, -0.05) is 49.4 Å². The molecule has 25 heavy (non-hydrogen) atoms. The van der Waals surface area contributed by atoms with E-state index < -0.39 is 11.9 Å². The summed E-state index contributed by atoms with van der Waals surface area (Å²) in [7, 11) is 0. The molecule has 0 aromatic heterocycles. The Morgan fingerprint density at radius 3 is 2.44 bits per heavy atom. The minimum Gasteiger partial charge on any atom is -0.368 e.